The third-order valence-electron chi connectivity index (χ3n) is 4.09. The molecule has 2 saturated heterocycles. The summed E-state index contributed by atoms with van der Waals surface area (Å²) in [4.78, 5) is 0. The number of hydrogen-bond donors (Lipinski definition) is 0. The van der Waals surface area contributed by atoms with Gasteiger partial charge in [-0.3, -0.25) is 0 Å². The summed E-state index contributed by atoms with van der Waals surface area (Å²) in [7, 11) is -1.94. The smallest absolute Gasteiger partial charge is 0.150 e. The van der Waals surface area contributed by atoms with Crippen LogP contribution in [0.2, 0.25) is 0 Å². The monoisotopic (exact) mass is 186 g/mol. The Hall–Kier alpha value is 0.190. The van der Waals surface area contributed by atoms with Crippen LogP contribution in [0.25, 0.3) is 0 Å². The molecule has 3 atom stereocenters. The van der Waals surface area contributed by atoms with E-state index in [2.05, 4.69) is 0 Å². The third kappa shape index (κ3) is 0.590. The van der Waals surface area contributed by atoms with Crippen LogP contribution in [0.4, 0.5) is 0 Å². The molecule has 3 rings (SSSR count). The van der Waals surface area contributed by atoms with Crippen molar-refractivity contribution in [2.24, 2.45) is 0 Å². The van der Waals surface area contributed by atoms with E-state index in [1.165, 1.54) is 19.3 Å². The highest BCUT2D eigenvalue weighted by atomic mass is 31.2. The molecule has 0 aromatic heterocycles. The molecule has 0 unspecified atom stereocenters. The highest BCUT2D eigenvalue weighted by Crippen LogP contribution is 2.82. The fraction of sp³-hybridized carbons (Fsp3) is 1.00. The van der Waals surface area contributed by atoms with Gasteiger partial charge in [0, 0.05) is 6.16 Å². The minimum Gasteiger partial charge on any atom is -0.354 e. The van der Waals surface area contributed by atoms with E-state index in [9.17, 15) is 4.57 Å². The Bertz CT molecular complexity index is 284. The van der Waals surface area contributed by atoms with Crippen LogP contribution in [0, 0.1) is 0 Å². The lowest BCUT2D eigenvalue weighted by Crippen LogP contribution is -2.23. The topological polar surface area (TPSA) is 29.6 Å². The van der Waals surface area contributed by atoms with Crippen molar-refractivity contribution in [3.8, 4) is 0 Å². The predicted octanol–water partition coefficient (Wildman–Crippen LogP) is 2.42. The van der Waals surface area contributed by atoms with Gasteiger partial charge >= 0.3 is 0 Å². The summed E-state index contributed by atoms with van der Waals surface area (Å²) in [5, 5.41) is -0.113. The molecular weight excluding hydrogens is 171 g/mol. The average molecular weight is 186 g/mol. The van der Waals surface area contributed by atoms with E-state index in [4.69, 9.17) is 4.74 Å². The largest absolute Gasteiger partial charge is 0.354 e. The molecule has 12 heavy (non-hydrogen) atoms. The molecule has 3 heteroatoms. The van der Waals surface area contributed by atoms with Crippen LogP contribution in [0.15, 0.2) is 0 Å². The fourth-order valence-electron chi connectivity index (χ4n) is 3.31. The fourth-order valence-corrected chi connectivity index (χ4v) is 6.54. The molecule has 0 aromatic rings. The lowest BCUT2D eigenvalue weighted by molar-refractivity contribution is 0.267. The third-order valence-corrected chi connectivity index (χ3v) is 7.41. The molecule has 68 valence electrons. The van der Waals surface area contributed by atoms with Gasteiger partial charge in [0.25, 0.3) is 0 Å². The average Bonchev–Trinajstić information content (AvgIpc) is 2.66. The maximum atomic E-state index is 12.2. The van der Waals surface area contributed by atoms with Crippen molar-refractivity contribution in [1.29, 1.82) is 0 Å². The van der Waals surface area contributed by atoms with Crippen LogP contribution in [0.3, 0.4) is 0 Å². The van der Waals surface area contributed by atoms with Crippen LogP contribution in [0.1, 0.15) is 32.1 Å². The first-order valence-corrected chi connectivity index (χ1v) is 7.23. The van der Waals surface area contributed by atoms with Crippen LogP contribution in [-0.4, -0.2) is 23.8 Å². The molecule has 0 N–H and O–H groups in total. The summed E-state index contributed by atoms with van der Waals surface area (Å²) in [5.74, 6) is 0. The number of hydrogen-bond acceptors (Lipinski definition) is 2. The Kier molecular flexibility index (Phi) is 1.16. The zero-order valence-corrected chi connectivity index (χ0v) is 8.40. The summed E-state index contributed by atoms with van der Waals surface area (Å²) >= 11 is 0. The summed E-state index contributed by atoms with van der Waals surface area (Å²) < 4.78 is 18.1. The van der Waals surface area contributed by atoms with Gasteiger partial charge in [-0.05, 0) is 32.3 Å². The van der Waals surface area contributed by atoms with Crippen molar-refractivity contribution in [2.75, 3.05) is 12.8 Å². The molecule has 0 bridgehead atoms. The molecule has 1 saturated carbocycles. The Balaban J connectivity index is 2.06. The van der Waals surface area contributed by atoms with Crippen LogP contribution in [-0.2, 0) is 9.30 Å². The van der Waals surface area contributed by atoms with E-state index in [1.807, 2.05) is 6.66 Å². The molecule has 0 spiro atoms. The SMILES string of the molecule is C[P@]1(=O)CC[C@]23CCCC[C@@]21O3. The molecule has 0 amide bonds. The number of rotatable bonds is 0. The standard InChI is InChI=1S/C9H15O2P/c1-12(10)7-6-8-4-2-3-5-9(8,12)11-8/h2-7H2,1H3/t8-,9+,12+/m1/s1. The minimum atomic E-state index is -1.94. The Labute approximate surface area is 73.0 Å². The Morgan fingerprint density at radius 2 is 2.00 bits per heavy atom. The predicted molar refractivity (Wildman–Crippen MR) is 48.0 cm³/mol. The molecule has 3 fully saturated rings. The Morgan fingerprint density at radius 1 is 1.25 bits per heavy atom. The van der Waals surface area contributed by atoms with Gasteiger partial charge < -0.3 is 9.30 Å². The van der Waals surface area contributed by atoms with Gasteiger partial charge in [0.05, 0.1) is 0 Å². The summed E-state index contributed by atoms with van der Waals surface area (Å²) in [6.07, 6.45) is 6.75. The normalized spacial score (nSPS) is 62.4. The summed E-state index contributed by atoms with van der Waals surface area (Å²) in [6, 6.07) is 0. The lowest BCUT2D eigenvalue weighted by Gasteiger charge is -2.21. The second-order valence-corrected chi connectivity index (χ2v) is 8.03. The van der Waals surface area contributed by atoms with E-state index in [-0.39, 0.29) is 10.9 Å². The van der Waals surface area contributed by atoms with E-state index in [0.717, 1.165) is 19.0 Å². The zero-order valence-electron chi connectivity index (χ0n) is 7.51. The first-order valence-electron chi connectivity index (χ1n) is 4.89. The molecule has 2 heterocycles. The summed E-state index contributed by atoms with van der Waals surface area (Å²) in [5.41, 5.74) is 0.107. The van der Waals surface area contributed by atoms with Crippen molar-refractivity contribution in [3.63, 3.8) is 0 Å². The number of ether oxygens (including phenoxy) is 1. The van der Waals surface area contributed by atoms with Gasteiger partial charge in [-0.15, -0.1) is 0 Å². The number of epoxide rings is 1. The lowest BCUT2D eigenvalue weighted by atomic mass is 9.87. The van der Waals surface area contributed by atoms with Crippen molar-refractivity contribution in [2.45, 2.75) is 43.0 Å². The van der Waals surface area contributed by atoms with E-state index in [0.29, 0.717) is 0 Å². The molecule has 1 aliphatic carbocycles. The maximum absolute atomic E-state index is 12.2. The molecule has 3 aliphatic rings. The van der Waals surface area contributed by atoms with Gasteiger partial charge in [-0.25, -0.2) is 0 Å². The molecule has 0 radical (unpaired) electrons. The Morgan fingerprint density at radius 3 is 2.75 bits per heavy atom. The highest BCUT2D eigenvalue weighted by molar-refractivity contribution is 7.65. The first-order chi connectivity index (χ1) is 5.62. The minimum absolute atomic E-state index is 0.107. The maximum Gasteiger partial charge on any atom is 0.150 e. The van der Waals surface area contributed by atoms with Crippen molar-refractivity contribution < 1.29 is 9.30 Å². The van der Waals surface area contributed by atoms with Crippen LogP contribution in [0.5, 0.6) is 0 Å². The quantitative estimate of drug-likeness (QED) is 0.429. The van der Waals surface area contributed by atoms with E-state index >= 15 is 0 Å². The molecular formula is C9H15O2P. The van der Waals surface area contributed by atoms with Crippen LogP contribution >= 0.6 is 7.14 Å². The van der Waals surface area contributed by atoms with Gasteiger partial charge in [0.15, 0.2) is 0 Å². The molecule has 2 nitrogen and oxygen atoms in total. The van der Waals surface area contributed by atoms with Crippen molar-refractivity contribution in [3.05, 3.63) is 0 Å². The zero-order chi connectivity index (χ0) is 8.45. The molecule has 0 aromatic carbocycles. The van der Waals surface area contributed by atoms with Crippen molar-refractivity contribution >= 4 is 7.14 Å². The van der Waals surface area contributed by atoms with Gasteiger partial charge in [-0.2, -0.15) is 0 Å². The highest BCUT2D eigenvalue weighted by Gasteiger charge is 2.80. The van der Waals surface area contributed by atoms with Gasteiger partial charge in [0.1, 0.15) is 18.1 Å². The van der Waals surface area contributed by atoms with Gasteiger partial charge in [-0.1, -0.05) is 6.42 Å². The van der Waals surface area contributed by atoms with E-state index in [1.54, 1.807) is 0 Å². The second-order valence-electron chi connectivity index (χ2n) is 4.66. The van der Waals surface area contributed by atoms with Crippen molar-refractivity contribution in [1.82, 2.24) is 0 Å². The van der Waals surface area contributed by atoms with E-state index < -0.39 is 7.14 Å². The molecule has 2 aliphatic heterocycles. The first kappa shape index (κ1) is 7.58. The van der Waals surface area contributed by atoms with Crippen LogP contribution < -0.4 is 0 Å². The second kappa shape index (κ2) is 1.83. The van der Waals surface area contributed by atoms with Gasteiger partial charge in [0.2, 0.25) is 0 Å². The summed E-state index contributed by atoms with van der Waals surface area (Å²) in [6.45, 7) is 1.95.